The minimum absolute atomic E-state index is 0.0127. The summed E-state index contributed by atoms with van der Waals surface area (Å²) in [5.41, 5.74) is 0.745. The maximum atomic E-state index is 14.4. The normalized spacial score (nSPS) is 16.7. The second kappa shape index (κ2) is 22.4. The van der Waals surface area contributed by atoms with Crippen LogP contribution in [0.4, 0.5) is 0 Å². The third-order valence-electron chi connectivity index (χ3n) is 11.5. The fourth-order valence-electron chi connectivity index (χ4n) is 7.80. The van der Waals surface area contributed by atoms with Crippen molar-refractivity contribution in [3.63, 3.8) is 0 Å². The third-order valence-corrected chi connectivity index (χ3v) is 12.7. The zero-order valence-corrected chi connectivity index (χ0v) is 39.3. The molecular weight excluding hydrogens is 831 g/mol. The van der Waals surface area contributed by atoms with Crippen molar-refractivity contribution < 1.29 is 48.6 Å². The van der Waals surface area contributed by atoms with E-state index >= 15 is 0 Å². The number of aromatic nitrogens is 1. The molecule has 63 heavy (non-hydrogen) atoms. The Balaban J connectivity index is 1.63. The molecule has 348 valence electrons. The molecule has 1 fully saturated rings. The van der Waals surface area contributed by atoms with Crippen LogP contribution in [0.15, 0.2) is 42.1 Å². The fraction of sp³-hybridized carbons (Fsp3) is 0.600. The zero-order valence-electron chi connectivity index (χ0n) is 38.5. The highest BCUT2D eigenvalue weighted by molar-refractivity contribution is 8.00. The number of aliphatic carboxylic acids is 2. The molecule has 2 aromatic rings. The number of hydrogen-bond donors (Lipinski definition) is 6. The molecule has 1 aromatic heterocycles. The first kappa shape index (κ1) is 52.1. The number of thioether (sulfide) groups is 1. The zero-order chi connectivity index (χ0) is 47.6. The summed E-state index contributed by atoms with van der Waals surface area (Å²) in [4.78, 5) is 105. The lowest BCUT2D eigenvalue weighted by Gasteiger charge is -2.39. The molecule has 0 saturated carbocycles. The van der Waals surface area contributed by atoms with Gasteiger partial charge in [-0.15, -0.1) is 11.8 Å². The highest BCUT2D eigenvalue weighted by atomic mass is 32.2. The molecule has 2 unspecified atom stereocenters. The predicted octanol–water partition coefficient (Wildman–Crippen LogP) is 3.20. The standard InChI is InChI=1S/C45H67N7O10S/c1-26(2)32(51(11)42(60)38(44(4,5)6)49-40(58)37(46-9)45(7,8)29-25-50(10)31-16-13-12-15-28(29)31)23-27(3)39(57)48-30(43(61)62)17-18-34(53)47-20-14-21-52-35(54)24-33(41(52)59)63-22-19-36(55)56/h12-13,15-16,23,25-26,30,32-33,37-38,46H,14,17-22,24H2,1-11H3,(H,47,53)(H,48,57)(H,49,58)(H,55,56)(H,61,62)/b27-23+/t30-,32?,33?,37-,38-/m1/s1. The van der Waals surface area contributed by atoms with E-state index in [9.17, 15) is 43.5 Å². The summed E-state index contributed by atoms with van der Waals surface area (Å²) in [5, 5.41) is 30.5. The van der Waals surface area contributed by atoms with E-state index in [-0.39, 0.29) is 80.2 Å². The number of carbonyl (C=O) groups is 8. The van der Waals surface area contributed by atoms with Crippen LogP contribution in [-0.4, -0.2) is 134 Å². The Bertz CT molecular complexity index is 2060. The number of carbonyl (C=O) groups excluding carboxylic acids is 6. The number of para-hydroxylation sites is 1. The number of amides is 6. The monoisotopic (exact) mass is 897 g/mol. The van der Waals surface area contributed by atoms with Gasteiger partial charge in [0.05, 0.1) is 23.8 Å². The molecule has 0 bridgehead atoms. The summed E-state index contributed by atoms with van der Waals surface area (Å²) in [6, 6.07) is 4.27. The summed E-state index contributed by atoms with van der Waals surface area (Å²) >= 11 is 1.13. The molecule has 0 aliphatic carbocycles. The summed E-state index contributed by atoms with van der Waals surface area (Å²) in [5.74, 6) is -4.98. The number of nitrogens with one attached hydrogen (secondary N) is 4. The van der Waals surface area contributed by atoms with E-state index < -0.39 is 69.9 Å². The molecule has 18 heteroatoms. The van der Waals surface area contributed by atoms with Crippen molar-refractivity contribution in [3.8, 4) is 0 Å². The van der Waals surface area contributed by atoms with E-state index in [4.69, 9.17) is 5.11 Å². The highest BCUT2D eigenvalue weighted by Gasteiger charge is 2.43. The third kappa shape index (κ3) is 13.6. The lowest BCUT2D eigenvalue weighted by atomic mass is 9.76. The van der Waals surface area contributed by atoms with Crippen LogP contribution in [0.5, 0.6) is 0 Å². The molecule has 17 nitrogen and oxygen atoms in total. The molecule has 6 amide bonds. The van der Waals surface area contributed by atoms with Gasteiger partial charge in [0.15, 0.2) is 0 Å². The number of likely N-dealkylation sites (N-methyl/N-ethyl adjacent to an activating group) is 2. The van der Waals surface area contributed by atoms with Crippen molar-refractivity contribution in [2.45, 2.75) is 122 Å². The molecule has 1 aromatic carbocycles. The molecule has 5 atom stereocenters. The molecule has 0 radical (unpaired) electrons. The number of fused-ring (bicyclic) bond motifs is 1. The van der Waals surface area contributed by atoms with Gasteiger partial charge in [-0.1, -0.05) is 72.7 Å². The second-order valence-electron chi connectivity index (χ2n) is 18.2. The van der Waals surface area contributed by atoms with Gasteiger partial charge in [-0.05, 0) is 49.8 Å². The maximum Gasteiger partial charge on any atom is 0.326 e. The lowest BCUT2D eigenvalue weighted by molar-refractivity contribution is -0.141. The van der Waals surface area contributed by atoms with Crippen LogP contribution < -0.4 is 21.3 Å². The van der Waals surface area contributed by atoms with Crippen molar-refractivity contribution in [2.75, 3.05) is 32.9 Å². The maximum absolute atomic E-state index is 14.4. The van der Waals surface area contributed by atoms with Crippen molar-refractivity contribution in [1.82, 2.24) is 35.6 Å². The van der Waals surface area contributed by atoms with Gasteiger partial charge in [0.25, 0.3) is 0 Å². The average molecular weight is 898 g/mol. The predicted molar refractivity (Wildman–Crippen MR) is 242 cm³/mol. The SMILES string of the molecule is CN[C@H](C(=O)N[C@H](C(=O)N(C)C(/C=C(\C)C(=O)N[C@H](CCC(=O)NCCCN1C(=O)CC(SCCC(=O)O)C1=O)C(=O)O)C(C)C)C(C)(C)C)C(C)(C)c1cn(C)c2ccccc12. The number of imide groups is 1. The van der Waals surface area contributed by atoms with E-state index in [0.29, 0.717) is 0 Å². The first-order valence-electron chi connectivity index (χ1n) is 21.3. The molecule has 1 aliphatic heterocycles. The number of likely N-dealkylation sites (tertiary alicyclic amines) is 1. The van der Waals surface area contributed by atoms with Crippen LogP contribution in [0.25, 0.3) is 10.9 Å². The largest absolute Gasteiger partial charge is 0.481 e. The number of hydrogen-bond acceptors (Lipinski definition) is 10. The number of aryl methyl sites for hydroxylation is 1. The fourth-order valence-corrected chi connectivity index (χ4v) is 8.91. The van der Waals surface area contributed by atoms with Gasteiger partial charge in [0.1, 0.15) is 12.1 Å². The Morgan fingerprint density at radius 2 is 1.63 bits per heavy atom. The Morgan fingerprint density at radius 1 is 0.984 bits per heavy atom. The van der Waals surface area contributed by atoms with E-state index in [0.717, 1.165) is 33.1 Å². The Morgan fingerprint density at radius 3 is 2.22 bits per heavy atom. The molecule has 1 aliphatic rings. The van der Waals surface area contributed by atoms with Crippen LogP contribution in [0, 0.1) is 11.3 Å². The number of carboxylic acids is 2. The highest BCUT2D eigenvalue weighted by Crippen LogP contribution is 2.35. The van der Waals surface area contributed by atoms with Gasteiger partial charge >= 0.3 is 11.9 Å². The second-order valence-corrected chi connectivity index (χ2v) is 19.5. The van der Waals surface area contributed by atoms with Crippen LogP contribution >= 0.6 is 11.8 Å². The molecule has 6 N–H and O–H groups in total. The van der Waals surface area contributed by atoms with Crippen LogP contribution in [0.3, 0.4) is 0 Å². The van der Waals surface area contributed by atoms with Gasteiger partial charge < -0.3 is 40.9 Å². The van der Waals surface area contributed by atoms with E-state index in [1.54, 1.807) is 20.2 Å². The minimum Gasteiger partial charge on any atom is -0.481 e. The van der Waals surface area contributed by atoms with E-state index in [1.165, 1.54) is 11.8 Å². The van der Waals surface area contributed by atoms with Crippen molar-refractivity contribution in [2.24, 2.45) is 18.4 Å². The number of rotatable bonds is 23. The summed E-state index contributed by atoms with van der Waals surface area (Å²) in [6.07, 6.45) is 3.29. The molecule has 1 saturated heterocycles. The Kier molecular flexibility index (Phi) is 18.5. The van der Waals surface area contributed by atoms with Crippen LogP contribution in [-0.2, 0) is 50.8 Å². The van der Waals surface area contributed by atoms with Gasteiger partial charge in [-0.25, -0.2) is 4.79 Å². The number of nitrogens with zero attached hydrogens (tertiary/aromatic N) is 3. The van der Waals surface area contributed by atoms with Crippen molar-refractivity contribution >= 4 is 70.0 Å². The first-order chi connectivity index (χ1) is 29.3. The first-order valence-corrected chi connectivity index (χ1v) is 22.3. The summed E-state index contributed by atoms with van der Waals surface area (Å²) < 4.78 is 2.03. The summed E-state index contributed by atoms with van der Waals surface area (Å²) in [7, 11) is 5.28. The van der Waals surface area contributed by atoms with Gasteiger partial charge in [0, 0.05) is 73.9 Å². The minimum atomic E-state index is -1.41. The van der Waals surface area contributed by atoms with Crippen molar-refractivity contribution in [1.29, 1.82) is 0 Å². The molecule has 0 spiro atoms. The lowest BCUT2D eigenvalue weighted by Crippen LogP contribution is -2.61. The number of benzene rings is 1. The smallest absolute Gasteiger partial charge is 0.326 e. The topological polar surface area (TPSA) is 237 Å². The molecule has 2 heterocycles. The molecular formula is C45H67N7O10S. The van der Waals surface area contributed by atoms with Gasteiger partial charge in [-0.3, -0.25) is 38.5 Å². The van der Waals surface area contributed by atoms with Crippen LogP contribution in [0.1, 0.15) is 93.1 Å². The quantitative estimate of drug-likeness (QED) is 0.0536. The van der Waals surface area contributed by atoms with Gasteiger partial charge in [0.2, 0.25) is 35.4 Å². The van der Waals surface area contributed by atoms with E-state index in [1.807, 2.05) is 90.5 Å². The Hall–Kier alpha value is -5.23. The van der Waals surface area contributed by atoms with Crippen LogP contribution in [0.2, 0.25) is 0 Å². The number of carboxylic acid groups (broad SMARTS) is 2. The average Bonchev–Trinajstić information content (AvgIpc) is 3.68. The summed E-state index contributed by atoms with van der Waals surface area (Å²) in [6.45, 7) is 15.0. The van der Waals surface area contributed by atoms with Gasteiger partial charge in [-0.2, -0.15) is 0 Å². The molecule has 3 rings (SSSR count). The van der Waals surface area contributed by atoms with Crippen molar-refractivity contribution in [3.05, 3.63) is 47.7 Å². The Labute approximate surface area is 374 Å². The van der Waals surface area contributed by atoms with E-state index in [2.05, 4.69) is 21.3 Å².